The standard InChI is InChI=1S/C22H24F2N2O4/c1-25(13-16-7-10-18(30-22(23)24)19(12-16)29-2)21(28)17-8-5-15(6-9-17)14-26-11-3-4-20(26)27/h5-10,12,22H,3-4,11,13-14H2,1-2H3. The highest BCUT2D eigenvalue weighted by Gasteiger charge is 2.20. The predicted molar refractivity (Wildman–Crippen MR) is 107 cm³/mol. The van der Waals surface area contributed by atoms with Gasteiger partial charge in [-0.25, -0.2) is 0 Å². The number of nitrogens with zero attached hydrogens (tertiary/aromatic N) is 2. The molecule has 1 saturated heterocycles. The Morgan fingerprint density at radius 1 is 1.13 bits per heavy atom. The third-order valence-corrected chi connectivity index (χ3v) is 4.96. The van der Waals surface area contributed by atoms with Gasteiger partial charge in [0.05, 0.1) is 7.11 Å². The van der Waals surface area contributed by atoms with E-state index in [-0.39, 0.29) is 29.9 Å². The number of amides is 2. The lowest BCUT2D eigenvalue weighted by molar-refractivity contribution is -0.128. The molecule has 0 radical (unpaired) electrons. The first-order chi connectivity index (χ1) is 14.4. The average Bonchev–Trinajstić information content (AvgIpc) is 3.13. The van der Waals surface area contributed by atoms with Crippen molar-refractivity contribution < 1.29 is 27.8 Å². The van der Waals surface area contributed by atoms with Crippen LogP contribution in [0.2, 0.25) is 0 Å². The van der Waals surface area contributed by atoms with Crippen molar-refractivity contribution in [3.63, 3.8) is 0 Å². The number of ether oxygens (including phenoxy) is 2. The van der Waals surface area contributed by atoms with Gasteiger partial charge in [-0.3, -0.25) is 9.59 Å². The van der Waals surface area contributed by atoms with E-state index in [2.05, 4.69) is 4.74 Å². The predicted octanol–water partition coefficient (Wildman–Crippen LogP) is 3.69. The number of methoxy groups -OCH3 is 1. The Balaban J connectivity index is 1.63. The van der Waals surface area contributed by atoms with Crippen molar-refractivity contribution in [3.05, 3.63) is 59.2 Å². The third kappa shape index (κ3) is 5.25. The average molecular weight is 418 g/mol. The van der Waals surface area contributed by atoms with Crippen LogP contribution in [-0.2, 0) is 17.9 Å². The van der Waals surface area contributed by atoms with Gasteiger partial charge >= 0.3 is 6.61 Å². The van der Waals surface area contributed by atoms with Gasteiger partial charge in [-0.15, -0.1) is 0 Å². The summed E-state index contributed by atoms with van der Waals surface area (Å²) in [5.74, 6) is 0.104. The molecule has 1 heterocycles. The number of alkyl halides is 2. The van der Waals surface area contributed by atoms with Crippen molar-refractivity contribution in [1.82, 2.24) is 9.80 Å². The Labute approximate surface area is 174 Å². The summed E-state index contributed by atoms with van der Waals surface area (Å²) in [6.07, 6.45) is 1.49. The fraction of sp³-hybridized carbons (Fsp3) is 0.364. The van der Waals surface area contributed by atoms with Crippen LogP contribution < -0.4 is 9.47 Å². The van der Waals surface area contributed by atoms with Gasteiger partial charge in [-0.05, 0) is 41.8 Å². The summed E-state index contributed by atoms with van der Waals surface area (Å²) in [5.41, 5.74) is 2.22. The van der Waals surface area contributed by atoms with Crippen LogP contribution in [0.4, 0.5) is 8.78 Å². The quantitative estimate of drug-likeness (QED) is 0.656. The molecule has 0 aromatic heterocycles. The summed E-state index contributed by atoms with van der Waals surface area (Å²) in [6, 6.07) is 11.8. The lowest BCUT2D eigenvalue weighted by atomic mass is 10.1. The molecule has 0 saturated carbocycles. The van der Waals surface area contributed by atoms with E-state index in [4.69, 9.17) is 4.74 Å². The van der Waals surface area contributed by atoms with E-state index in [0.29, 0.717) is 24.1 Å². The molecule has 30 heavy (non-hydrogen) atoms. The molecular formula is C22H24F2N2O4. The number of hydrogen-bond acceptors (Lipinski definition) is 4. The number of likely N-dealkylation sites (tertiary alicyclic amines) is 1. The van der Waals surface area contributed by atoms with Gasteiger partial charge in [0.2, 0.25) is 5.91 Å². The van der Waals surface area contributed by atoms with Crippen LogP contribution in [0, 0.1) is 0 Å². The van der Waals surface area contributed by atoms with Crippen LogP contribution in [0.3, 0.4) is 0 Å². The Bertz CT molecular complexity index is 903. The topological polar surface area (TPSA) is 59.1 Å². The third-order valence-electron chi connectivity index (χ3n) is 4.96. The van der Waals surface area contributed by atoms with Crippen molar-refractivity contribution in [2.75, 3.05) is 20.7 Å². The molecule has 3 rings (SSSR count). The molecule has 0 aliphatic carbocycles. The molecule has 0 N–H and O–H groups in total. The number of rotatable bonds is 8. The van der Waals surface area contributed by atoms with Crippen LogP contribution in [0.25, 0.3) is 0 Å². The first kappa shape index (κ1) is 21.5. The van der Waals surface area contributed by atoms with Crippen LogP contribution in [0.5, 0.6) is 11.5 Å². The van der Waals surface area contributed by atoms with Crippen LogP contribution in [0.15, 0.2) is 42.5 Å². The minimum atomic E-state index is -2.94. The first-order valence-corrected chi connectivity index (χ1v) is 9.61. The number of carbonyl (C=O) groups excluding carboxylic acids is 2. The van der Waals surface area contributed by atoms with Crippen molar-refractivity contribution >= 4 is 11.8 Å². The molecule has 1 fully saturated rings. The van der Waals surface area contributed by atoms with Gasteiger partial charge in [-0.2, -0.15) is 8.78 Å². The second kappa shape index (κ2) is 9.56. The van der Waals surface area contributed by atoms with Crippen molar-refractivity contribution in [3.8, 4) is 11.5 Å². The Kier molecular flexibility index (Phi) is 6.87. The number of benzene rings is 2. The van der Waals surface area contributed by atoms with Crippen molar-refractivity contribution in [2.24, 2.45) is 0 Å². The fourth-order valence-electron chi connectivity index (χ4n) is 3.41. The molecule has 160 valence electrons. The smallest absolute Gasteiger partial charge is 0.387 e. The van der Waals surface area contributed by atoms with E-state index in [9.17, 15) is 18.4 Å². The second-order valence-electron chi connectivity index (χ2n) is 7.14. The molecular weight excluding hydrogens is 394 g/mol. The molecule has 1 aliphatic heterocycles. The van der Waals surface area contributed by atoms with E-state index in [1.165, 1.54) is 18.1 Å². The molecule has 2 aromatic rings. The zero-order valence-corrected chi connectivity index (χ0v) is 16.9. The zero-order valence-electron chi connectivity index (χ0n) is 16.9. The summed E-state index contributed by atoms with van der Waals surface area (Å²) in [4.78, 5) is 27.8. The number of halogens is 2. The fourth-order valence-corrected chi connectivity index (χ4v) is 3.41. The highest BCUT2D eigenvalue weighted by Crippen LogP contribution is 2.30. The van der Waals surface area contributed by atoms with Gasteiger partial charge < -0.3 is 19.3 Å². The van der Waals surface area contributed by atoms with Gasteiger partial charge in [0.15, 0.2) is 11.5 Å². The van der Waals surface area contributed by atoms with Crippen LogP contribution in [0.1, 0.15) is 34.3 Å². The Morgan fingerprint density at radius 3 is 2.43 bits per heavy atom. The highest BCUT2D eigenvalue weighted by molar-refractivity contribution is 5.94. The molecule has 8 heteroatoms. The maximum Gasteiger partial charge on any atom is 0.387 e. The van der Waals surface area contributed by atoms with E-state index < -0.39 is 6.61 Å². The second-order valence-corrected chi connectivity index (χ2v) is 7.14. The minimum Gasteiger partial charge on any atom is -0.493 e. The van der Waals surface area contributed by atoms with E-state index in [1.54, 1.807) is 31.3 Å². The lowest BCUT2D eigenvalue weighted by Crippen LogP contribution is -2.26. The summed E-state index contributed by atoms with van der Waals surface area (Å²) in [6.45, 7) is -1.35. The molecule has 0 atom stereocenters. The lowest BCUT2D eigenvalue weighted by Gasteiger charge is -2.19. The van der Waals surface area contributed by atoms with Gasteiger partial charge in [0, 0.05) is 38.7 Å². The monoisotopic (exact) mass is 418 g/mol. The van der Waals surface area contributed by atoms with Gasteiger partial charge in [0.25, 0.3) is 5.91 Å². The molecule has 1 aliphatic rings. The SMILES string of the molecule is COc1cc(CN(C)C(=O)c2ccc(CN3CCCC3=O)cc2)ccc1OC(F)F. The maximum atomic E-state index is 12.7. The maximum absolute atomic E-state index is 12.7. The van der Waals surface area contributed by atoms with Gasteiger partial charge in [0.1, 0.15) is 0 Å². The van der Waals surface area contributed by atoms with Crippen molar-refractivity contribution in [1.29, 1.82) is 0 Å². The molecule has 0 spiro atoms. The molecule has 2 aromatic carbocycles. The first-order valence-electron chi connectivity index (χ1n) is 9.61. The van der Waals surface area contributed by atoms with E-state index in [0.717, 1.165) is 18.5 Å². The molecule has 6 nitrogen and oxygen atoms in total. The van der Waals surface area contributed by atoms with Crippen LogP contribution in [-0.4, -0.2) is 48.9 Å². The zero-order chi connectivity index (χ0) is 21.7. The summed E-state index contributed by atoms with van der Waals surface area (Å²) < 4.78 is 34.4. The Hall–Kier alpha value is -3.16. The molecule has 0 bridgehead atoms. The summed E-state index contributed by atoms with van der Waals surface area (Å²) >= 11 is 0. The van der Waals surface area contributed by atoms with Crippen molar-refractivity contribution in [2.45, 2.75) is 32.5 Å². The highest BCUT2D eigenvalue weighted by atomic mass is 19.3. The number of carbonyl (C=O) groups is 2. The summed E-state index contributed by atoms with van der Waals surface area (Å²) in [5, 5.41) is 0. The number of hydrogen-bond donors (Lipinski definition) is 0. The van der Waals surface area contributed by atoms with E-state index >= 15 is 0 Å². The van der Waals surface area contributed by atoms with Crippen LogP contribution >= 0.6 is 0 Å². The minimum absolute atomic E-state index is 0.0581. The summed E-state index contributed by atoms with van der Waals surface area (Å²) in [7, 11) is 3.03. The largest absolute Gasteiger partial charge is 0.493 e. The molecule has 2 amide bonds. The molecule has 0 unspecified atom stereocenters. The normalized spacial score (nSPS) is 13.6. The van der Waals surface area contributed by atoms with E-state index in [1.807, 2.05) is 17.0 Å². The Morgan fingerprint density at radius 2 is 1.83 bits per heavy atom. The van der Waals surface area contributed by atoms with Gasteiger partial charge in [-0.1, -0.05) is 18.2 Å².